The molecule has 1 atom stereocenters. The maximum absolute atomic E-state index is 12.9. The minimum Gasteiger partial charge on any atom is -0.462 e. The summed E-state index contributed by atoms with van der Waals surface area (Å²) in [6.45, 7) is 6.72. The molecule has 0 bridgehead atoms. The molecule has 1 unspecified atom stereocenters. The molecule has 6 heteroatoms. The quantitative estimate of drug-likeness (QED) is 0.0261. The molecule has 0 aromatic heterocycles. The van der Waals surface area contributed by atoms with Gasteiger partial charge in [-0.1, -0.05) is 335 Å². The molecule has 0 aromatic carbocycles. The Kier molecular flexibility index (Phi) is 62.1. The third kappa shape index (κ3) is 61.0. The number of allylic oxidation sites excluding steroid dienone is 2. The van der Waals surface area contributed by atoms with E-state index in [1.54, 1.807) is 0 Å². The molecule has 0 fully saturated rings. The van der Waals surface area contributed by atoms with Crippen molar-refractivity contribution in [3.05, 3.63) is 12.2 Å². The van der Waals surface area contributed by atoms with Gasteiger partial charge in [-0.3, -0.25) is 14.4 Å². The molecule has 0 aromatic rings. The van der Waals surface area contributed by atoms with Crippen molar-refractivity contribution in [2.24, 2.45) is 0 Å². The Morgan fingerprint density at radius 3 is 0.676 bits per heavy atom. The average Bonchev–Trinajstić information content (AvgIpc) is 3.40. The van der Waals surface area contributed by atoms with Crippen LogP contribution in [-0.4, -0.2) is 37.2 Å². The lowest BCUT2D eigenvalue weighted by Crippen LogP contribution is -2.30. The molecule has 0 radical (unpaired) electrons. The van der Waals surface area contributed by atoms with E-state index in [1.807, 2.05) is 0 Å². The van der Waals surface area contributed by atoms with Gasteiger partial charge in [-0.2, -0.15) is 0 Å². The van der Waals surface area contributed by atoms with Gasteiger partial charge in [-0.05, 0) is 44.9 Å². The Balaban J connectivity index is 4.27. The SMILES string of the molecule is CCCCCCCCC/C=C\CCCCCCCC(=O)OCC(COC(=O)CCCCCCCCCCCCCCCCCCCCCCCC)OC(=O)CCCCCCCCCCCCCCCCCCCC. The number of carbonyl (C=O) groups is 3. The first-order valence-electron chi connectivity index (χ1n) is 33.7. The highest BCUT2D eigenvalue weighted by Crippen LogP contribution is 2.19. The van der Waals surface area contributed by atoms with Crippen LogP contribution in [0.3, 0.4) is 0 Å². The van der Waals surface area contributed by atoms with Crippen LogP contribution in [0.4, 0.5) is 0 Å². The second-order valence-corrected chi connectivity index (χ2v) is 23.1. The standard InChI is InChI=1S/C68H130O6/c1-4-7-10-13-16-19-22-25-28-31-33-34-35-36-38-40-43-46-49-52-55-58-61-67(70)73-64-65(63-72-66(69)60-57-54-51-48-45-42-39-30-27-24-21-18-15-12-9-6-3)74-68(71)62-59-56-53-50-47-44-41-37-32-29-26-23-20-17-14-11-8-5-2/h30,39,65H,4-29,31-38,40-64H2,1-3H3/b39-30-. The molecule has 0 N–H and O–H groups in total. The van der Waals surface area contributed by atoms with Crippen LogP contribution in [0.25, 0.3) is 0 Å². The molecule has 0 amide bonds. The van der Waals surface area contributed by atoms with E-state index >= 15 is 0 Å². The van der Waals surface area contributed by atoms with Gasteiger partial charge < -0.3 is 14.2 Å². The van der Waals surface area contributed by atoms with Gasteiger partial charge >= 0.3 is 17.9 Å². The van der Waals surface area contributed by atoms with Crippen molar-refractivity contribution in [3.63, 3.8) is 0 Å². The normalized spacial score (nSPS) is 12.0. The molecule has 0 aliphatic carbocycles. The third-order valence-corrected chi connectivity index (χ3v) is 15.5. The van der Waals surface area contributed by atoms with Gasteiger partial charge in [0.05, 0.1) is 0 Å². The smallest absolute Gasteiger partial charge is 0.306 e. The monoisotopic (exact) mass is 1040 g/mol. The summed E-state index contributed by atoms with van der Waals surface area (Å²) in [4.78, 5) is 38.4. The molecule has 0 saturated heterocycles. The second kappa shape index (κ2) is 63.7. The van der Waals surface area contributed by atoms with Crippen molar-refractivity contribution in [2.45, 2.75) is 393 Å². The zero-order valence-corrected chi connectivity index (χ0v) is 50.4. The molecule has 0 aliphatic rings. The first-order valence-corrected chi connectivity index (χ1v) is 33.7. The van der Waals surface area contributed by atoms with Gasteiger partial charge in [0, 0.05) is 19.3 Å². The first kappa shape index (κ1) is 72.2. The largest absolute Gasteiger partial charge is 0.462 e. The number of esters is 3. The highest BCUT2D eigenvalue weighted by Gasteiger charge is 2.19. The average molecular weight is 1040 g/mol. The lowest BCUT2D eigenvalue weighted by atomic mass is 10.0. The fourth-order valence-corrected chi connectivity index (χ4v) is 10.4. The van der Waals surface area contributed by atoms with Crippen LogP contribution in [0.1, 0.15) is 387 Å². The number of ether oxygens (including phenoxy) is 3. The number of hydrogen-bond acceptors (Lipinski definition) is 6. The fourth-order valence-electron chi connectivity index (χ4n) is 10.4. The number of unbranched alkanes of at least 4 members (excludes halogenated alkanes) is 50. The van der Waals surface area contributed by atoms with E-state index in [1.165, 1.54) is 283 Å². The zero-order chi connectivity index (χ0) is 53.6. The minimum absolute atomic E-state index is 0.0657. The molecule has 0 aliphatic heterocycles. The van der Waals surface area contributed by atoms with Crippen LogP contribution in [0, 0.1) is 0 Å². The van der Waals surface area contributed by atoms with E-state index in [2.05, 4.69) is 32.9 Å². The maximum Gasteiger partial charge on any atom is 0.306 e. The topological polar surface area (TPSA) is 78.9 Å². The van der Waals surface area contributed by atoms with Crippen molar-refractivity contribution >= 4 is 17.9 Å². The second-order valence-electron chi connectivity index (χ2n) is 23.1. The lowest BCUT2D eigenvalue weighted by molar-refractivity contribution is -0.167. The van der Waals surface area contributed by atoms with Gasteiger partial charge in [0.15, 0.2) is 6.10 Å². The fraction of sp³-hybridized carbons (Fsp3) is 0.926. The van der Waals surface area contributed by atoms with Crippen LogP contribution in [-0.2, 0) is 28.6 Å². The zero-order valence-electron chi connectivity index (χ0n) is 50.4. The number of rotatable bonds is 63. The lowest BCUT2D eigenvalue weighted by Gasteiger charge is -2.18. The molecule has 6 nitrogen and oxygen atoms in total. The van der Waals surface area contributed by atoms with E-state index < -0.39 is 6.10 Å². The van der Waals surface area contributed by atoms with Gasteiger partial charge in [0.1, 0.15) is 13.2 Å². The van der Waals surface area contributed by atoms with Gasteiger partial charge in [0.2, 0.25) is 0 Å². The highest BCUT2D eigenvalue weighted by molar-refractivity contribution is 5.71. The van der Waals surface area contributed by atoms with Crippen LogP contribution >= 0.6 is 0 Å². The molecule has 0 spiro atoms. The molecule has 0 saturated carbocycles. The molecular weight excluding hydrogens is 913 g/mol. The van der Waals surface area contributed by atoms with Crippen molar-refractivity contribution in [3.8, 4) is 0 Å². The summed E-state index contributed by atoms with van der Waals surface area (Å²) in [6, 6.07) is 0. The highest BCUT2D eigenvalue weighted by atomic mass is 16.6. The Bertz CT molecular complexity index is 1150. The molecule has 438 valence electrons. The summed E-state index contributed by atoms with van der Waals surface area (Å²) in [6.07, 6.45) is 75.1. The number of carbonyl (C=O) groups excluding carboxylic acids is 3. The van der Waals surface area contributed by atoms with Gasteiger partial charge in [0.25, 0.3) is 0 Å². The maximum atomic E-state index is 12.9. The Morgan fingerprint density at radius 2 is 0.446 bits per heavy atom. The van der Waals surface area contributed by atoms with E-state index in [9.17, 15) is 14.4 Å². The van der Waals surface area contributed by atoms with Crippen molar-refractivity contribution in [1.82, 2.24) is 0 Å². The summed E-state index contributed by atoms with van der Waals surface area (Å²) in [7, 11) is 0. The van der Waals surface area contributed by atoms with Crippen molar-refractivity contribution in [2.75, 3.05) is 13.2 Å². The summed E-state index contributed by atoms with van der Waals surface area (Å²) in [5.74, 6) is -0.840. The molecule has 0 heterocycles. The van der Waals surface area contributed by atoms with E-state index in [4.69, 9.17) is 14.2 Å². The molecular formula is C68H130O6. The van der Waals surface area contributed by atoms with E-state index in [0.29, 0.717) is 19.3 Å². The molecule has 0 rings (SSSR count). The number of hydrogen-bond donors (Lipinski definition) is 0. The summed E-state index contributed by atoms with van der Waals surface area (Å²) >= 11 is 0. The van der Waals surface area contributed by atoms with Crippen LogP contribution in [0.15, 0.2) is 12.2 Å². The third-order valence-electron chi connectivity index (χ3n) is 15.5. The van der Waals surface area contributed by atoms with Gasteiger partial charge in [-0.25, -0.2) is 0 Å². The molecule has 74 heavy (non-hydrogen) atoms. The predicted molar refractivity (Wildman–Crippen MR) is 321 cm³/mol. The summed E-state index contributed by atoms with van der Waals surface area (Å²) in [5, 5.41) is 0. The van der Waals surface area contributed by atoms with Crippen molar-refractivity contribution in [1.29, 1.82) is 0 Å². The Hall–Kier alpha value is -1.85. The van der Waals surface area contributed by atoms with E-state index in [0.717, 1.165) is 64.2 Å². The Labute approximate surface area is 462 Å². The van der Waals surface area contributed by atoms with Gasteiger partial charge in [-0.15, -0.1) is 0 Å². The van der Waals surface area contributed by atoms with Crippen molar-refractivity contribution < 1.29 is 28.6 Å². The minimum atomic E-state index is -0.769. The van der Waals surface area contributed by atoms with Crippen LogP contribution < -0.4 is 0 Å². The Morgan fingerprint density at radius 1 is 0.257 bits per heavy atom. The summed E-state index contributed by atoms with van der Waals surface area (Å²) < 4.78 is 17.0. The van der Waals surface area contributed by atoms with E-state index in [-0.39, 0.29) is 31.1 Å². The van der Waals surface area contributed by atoms with Crippen LogP contribution in [0.5, 0.6) is 0 Å². The summed E-state index contributed by atoms with van der Waals surface area (Å²) in [5.41, 5.74) is 0. The van der Waals surface area contributed by atoms with Crippen LogP contribution in [0.2, 0.25) is 0 Å². The first-order chi connectivity index (χ1) is 36.5. The predicted octanol–water partition coefficient (Wildman–Crippen LogP) is 22.8.